The van der Waals surface area contributed by atoms with Crippen molar-refractivity contribution in [3.8, 4) is 0 Å². The largest absolute Gasteiger partial charge is 0.394 e. The highest BCUT2D eigenvalue weighted by Crippen LogP contribution is 2.36. The van der Waals surface area contributed by atoms with Gasteiger partial charge in [0.15, 0.2) is 18.9 Å². The number of ether oxygens (including phenoxy) is 6. The van der Waals surface area contributed by atoms with Crippen molar-refractivity contribution in [2.24, 2.45) is 0 Å². The van der Waals surface area contributed by atoms with Crippen molar-refractivity contribution in [1.29, 1.82) is 0 Å². The molecule has 546 valence electrons. The monoisotopic (exact) mass is 1320 g/mol. The number of unbranched alkanes of at least 4 members (excludes halogenated alkanes) is 35. The normalized spacial score (nSPS) is 31.1. The zero-order valence-electron chi connectivity index (χ0n) is 59.1. The lowest BCUT2D eigenvalue weighted by molar-refractivity contribution is -0.315. The Balaban J connectivity index is 1.63. The van der Waals surface area contributed by atoms with E-state index in [-0.39, 0.29) is 6.54 Å². The van der Waals surface area contributed by atoms with Gasteiger partial charge in [-0.2, -0.15) is 0 Å². The summed E-state index contributed by atoms with van der Waals surface area (Å²) < 4.78 is 40.3. The maximum absolute atomic E-state index is 12.8. The van der Waals surface area contributed by atoms with E-state index in [1.54, 1.807) is 0 Å². The molecule has 92 heavy (non-hydrogen) atoms. The van der Waals surface area contributed by atoms with E-state index in [2.05, 4.69) is 61.2 Å². The number of rotatable bonds is 59. The van der Waals surface area contributed by atoms with E-state index in [9.17, 15) is 40.9 Å². The third kappa shape index (κ3) is 32.1. The quantitative estimate of drug-likeness (QED) is 0.0252. The Labute approximate surface area is 560 Å². The Kier molecular flexibility index (Phi) is 48.4. The van der Waals surface area contributed by atoms with Crippen LogP contribution < -0.4 is 26.6 Å². The molecule has 13 N–H and O–H groups in total. The van der Waals surface area contributed by atoms with Crippen molar-refractivity contribution >= 4 is 0 Å². The van der Waals surface area contributed by atoms with E-state index in [0.29, 0.717) is 32.6 Å². The van der Waals surface area contributed by atoms with Gasteiger partial charge in [-0.15, -0.1) is 0 Å². The average molecular weight is 1320 g/mol. The third-order valence-electron chi connectivity index (χ3n) is 20.2. The summed E-state index contributed by atoms with van der Waals surface area (Å²) in [5, 5.41) is 112. The molecule has 0 radical (unpaired) electrons. The minimum atomic E-state index is -1.54. The second kappa shape index (κ2) is 53.2. The van der Waals surface area contributed by atoms with Gasteiger partial charge in [0.2, 0.25) is 0 Å². The van der Waals surface area contributed by atoms with Gasteiger partial charge >= 0.3 is 0 Å². The molecule has 1 aliphatic carbocycles. The predicted molar refractivity (Wildman–Crippen MR) is 369 cm³/mol. The lowest BCUT2D eigenvalue weighted by atomic mass is 9.83. The van der Waals surface area contributed by atoms with Crippen LogP contribution in [-0.2, 0) is 28.4 Å². The molecule has 3 heterocycles. The van der Waals surface area contributed by atoms with Gasteiger partial charge in [0.05, 0.1) is 31.4 Å². The van der Waals surface area contributed by atoms with Gasteiger partial charge < -0.3 is 95.9 Å². The fourth-order valence-electron chi connectivity index (χ4n) is 14.2. The molecular formula is C73H145N5O14. The molecule has 0 spiro atoms. The van der Waals surface area contributed by atoms with Crippen LogP contribution in [0, 0.1) is 0 Å². The van der Waals surface area contributed by atoms with Gasteiger partial charge in [-0.25, -0.2) is 0 Å². The molecule has 1 saturated carbocycles. The molecule has 0 aromatic rings. The highest BCUT2D eigenvalue weighted by Gasteiger charge is 2.56. The summed E-state index contributed by atoms with van der Waals surface area (Å²) >= 11 is 0. The summed E-state index contributed by atoms with van der Waals surface area (Å²) in [6.45, 7) is 13.3. The summed E-state index contributed by atoms with van der Waals surface area (Å²) in [6.07, 6.45) is 27.8. The second-order valence-electron chi connectivity index (χ2n) is 28.1. The minimum absolute atomic E-state index is 0.261. The topological polar surface area (TPSA) is 277 Å². The Hall–Kier alpha value is -0.760. The highest BCUT2D eigenvalue weighted by molar-refractivity contribution is 5.04. The van der Waals surface area contributed by atoms with E-state index in [4.69, 9.17) is 28.4 Å². The summed E-state index contributed by atoms with van der Waals surface area (Å²) in [7, 11) is 0. The van der Waals surface area contributed by atoms with E-state index >= 15 is 0 Å². The Morgan fingerprint density at radius 2 is 0.609 bits per heavy atom. The van der Waals surface area contributed by atoms with Crippen LogP contribution in [0.2, 0.25) is 0 Å². The van der Waals surface area contributed by atoms with Gasteiger partial charge in [0.25, 0.3) is 0 Å². The van der Waals surface area contributed by atoms with Gasteiger partial charge in [-0.05, 0) is 71.2 Å². The fourth-order valence-corrected chi connectivity index (χ4v) is 14.2. The van der Waals surface area contributed by atoms with Crippen LogP contribution in [0.5, 0.6) is 0 Å². The Morgan fingerprint density at radius 1 is 0.293 bits per heavy atom. The van der Waals surface area contributed by atoms with E-state index in [0.717, 1.165) is 103 Å². The van der Waals surface area contributed by atoms with Crippen LogP contribution in [0.3, 0.4) is 0 Å². The van der Waals surface area contributed by atoms with Crippen molar-refractivity contribution in [2.75, 3.05) is 52.5 Å². The third-order valence-corrected chi connectivity index (χ3v) is 20.2. The zero-order valence-corrected chi connectivity index (χ0v) is 59.1. The SMILES string of the molecule is CCCCCCCCCCNCC1O[C@H](O[C@H]2[C@@H](O)[C@H](O[C@@H]3[C@@H](O)[C@H](NCCCCCCCCCC)C[C@H](NCCCCCCCCCC)[C@H]3O[C@H]3O[C@H](CO)[C@@H](O)[C@H](O)[C@H]3NCCCCCCCCCC)O[C@@H]2CO)[C@H](NCCCCCCCCCC)[C@@H](O)[C@@H]1O. The number of hydrogen-bond acceptors (Lipinski definition) is 19. The van der Waals surface area contributed by atoms with Crippen LogP contribution >= 0.6 is 0 Å². The van der Waals surface area contributed by atoms with Crippen LogP contribution in [0.15, 0.2) is 0 Å². The first-order valence-corrected chi connectivity index (χ1v) is 38.9. The summed E-state index contributed by atoms with van der Waals surface area (Å²) in [4.78, 5) is 0. The molecule has 4 fully saturated rings. The Morgan fingerprint density at radius 3 is 1.01 bits per heavy atom. The van der Waals surface area contributed by atoms with E-state index in [1.807, 2.05) is 0 Å². The average Bonchev–Trinajstić information content (AvgIpc) is 1.27. The molecule has 4 aliphatic rings. The number of aliphatic hydroxyl groups is 8. The van der Waals surface area contributed by atoms with Crippen LogP contribution in [-0.4, -0.2) is 210 Å². The van der Waals surface area contributed by atoms with Crippen molar-refractivity contribution in [3.63, 3.8) is 0 Å². The molecule has 0 bridgehead atoms. The van der Waals surface area contributed by atoms with Gasteiger partial charge in [0, 0.05) is 18.6 Å². The van der Waals surface area contributed by atoms with Gasteiger partial charge in [-0.3, -0.25) is 0 Å². The van der Waals surface area contributed by atoms with Crippen LogP contribution in [0.25, 0.3) is 0 Å². The maximum atomic E-state index is 12.8. The number of hydrogen-bond donors (Lipinski definition) is 13. The molecule has 3 saturated heterocycles. The molecule has 4 rings (SSSR count). The molecule has 0 amide bonds. The minimum Gasteiger partial charge on any atom is -0.394 e. The van der Waals surface area contributed by atoms with Gasteiger partial charge in [0.1, 0.15) is 67.1 Å². The first-order valence-electron chi connectivity index (χ1n) is 38.9. The first kappa shape index (κ1) is 83.7. The molecule has 1 unspecified atom stereocenters. The summed E-state index contributed by atoms with van der Waals surface area (Å²) in [5.74, 6) is 0. The second-order valence-corrected chi connectivity index (χ2v) is 28.1. The predicted octanol–water partition coefficient (Wildman–Crippen LogP) is 10.00. The standard InChI is InChI=1S/C73H145N5O14/c1-6-11-16-21-26-31-36-41-46-74-52-57-63(82)65(84)60(77-49-44-39-34-29-24-19-14-9-4)71(87-57)91-69-59(54-80)89-73(67(69)86)92-70-62(81)55(75-47-42-37-32-27-22-17-12-7-2)51-56(76-48-43-38-33-28-23-18-13-8-3)68(70)90-72-61(66(85)64(83)58(53-79)88-72)78-50-45-40-35-30-25-20-15-10-5/h55-86H,6-54H2,1-5H3/t55-,56+,57?,58-,59-,60-,61-,62+,63-,64-,65-,66-,67-,68-,69-,70-,71-,72-,73+/m1/s1. The van der Waals surface area contributed by atoms with Crippen LogP contribution in [0.1, 0.15) is 298 Å². The molecule has 0 aromatic heterocycles. The Bertz CT molecular complexity index is 1690. The lowest BCUT2D eigenvalue weighted by Crippen LogP contribution is -2.69. The van der Waals surface area contributed by atoms with Crippen molar-refractivity contribution in [3.05, 3.63) is 0 Å². The molecule has 19 nitrogen and oxygen atoms in total. The highest BCUT2D eigenvalue weighted by atomic mass is 16.8. The molecule has 19 atom stereocenters. The maximum Gasteiger partial charge on any atom is 0.187 e. The number of nitrogens with one attached hydrogen (secondary N) is 5. The molecule has 3 aliphatic heterocycles. The van der Waals surface area contributed by atoms with Crippen molar-refractivity contribution in [2.45, 2.75) is 414 Å². The molecular weight excluding hydrogens is 1170 g/mol. The van der Waals surface area contributed by atoms with E-state index < -0.39 is 129 Å². The zero-order chi connectivity index (χ0) is 66.4. The molecule has 0 aromatic carbocycles. The summed E-state index contributed by atoms with van der Waals surface area (Å²) in [5.41, 5.74) is 0. The number of aliphatic hydroxyl groups excluding tert-OH is 8. The summed E-state index contributed by atoms with van der Waals surface area (Å²) in [6, 6.07) is -2.77. The van der Waals surface area contributed by atoms with Crippen LogP contribution in [0.4, 0.5) is 0 Å². The fraction of sp³-hybridized carbons (Fsp3) is 1.00. The smallest absolute Gasteiger partial charge is 0.187 e. The van der Waals surface area contributed by atoms with E-state index in [1.165, 1.54) is 161 Å². The van der Waals surface area contributed by atoms with Crippen molar-refractivity contribution < 1.29 is 69.3 Å². The van der Waals surface area contributed by atoms with Crippen molar-refractivity contribution in [1.82, 2.24) is 26.6 Å². The molecule has 19 heteroatoms. The lowest BCUT2D eigenvalue weighted by Gasteiger charge is -2.49. The first-order chi connectivity index (χ1) is 45.0. The van der Waals surface area contributed by atoms with Gasteiger partial charge in [-0.1, -0.05) is 259 Å².